The van der Waals surface area contributed by atoms with E-state index < -0.39 is 29.2 Å². The zero-order valence-electron chi connectivity index (χ0n) is 15.8. The highest BCUT2D eigenvalue weighted by atomic mass is 35.5. The van der Waals surface area contributed by atoms with Crippen LogP contribution in [0.25, 0.3) is 11.1 Å². The van der Waals surface area contributed by atoms with E-state index in [4.69, 9.17) is 17.3 Å². The van der Waals surface area contributed by atoms with E-state index in [1.54, 1.807) is 18.2 Å². The van der Waals surface area contributed by atoms with Crippen molar-refractivity contribution in [2.75, 3.05) is 6.54 Å². The van der Waals surface area contributed by atoms with Crippen molar-refractivity contribution in [2.45, 2.75) is 44.4 Å². The highest BCUT2D eigenvalue weighted by Gasteiger charge is 2.40. The number of hydrogen-bond acceptors (Lipinski definition) is 3. The van der Waals surface area contributed by atoms with E-state index in [0.717, 1.165) is 6.07 Å². The van der Waals surface area contributed by atoms with Crippen LogP contribution in [0.2, 0.25) is 5.02 Å². The quantitative estimate of drug-likeness (QED) is 0.813. The third-order valence-corrected chi connectivity index (χ3v) is 5.28. The summed E-state index contributed by atoms with van der Waals surface area (Å²) in [7, 11) is 0. The highest BCUT2D eigenvalue weighted by Crippen LogP contribution is 2.31. The van der Waals surface area contributed by atoms with Crippen LogP contribution in [0.3, 0.4) is 0 Å². The fraction of sp³-hybridized carbons (Fsp3) is 0.381. The topological polar surface area (TPSA) is 66.6 Å². The number of carbonyl (C=O) groups excluding carboxylic acids is 1. The van der Waals surface area contributed by atoms with Crippen LogP contribution in [0.4, 0.5) is 8.78 Å². The minimum atomic E-state index is -1.53. The van der Waals surface area contributed by atoms with Crippen LogP contribution in [0, 0.1) is 11.6 Å². The number of benzene rings is 2. The summed E-state index contributed by atoms with van der Waals surface area (Å²) in [5.41, 5.74) is 5.58. The van der Waals surface area contributed by atoms with Gasteiger partial charge in [-0.2, -0.15) is 0 Å². The molecule has 1 amide bonds. The molecule has 1 heterocycles. The Morgan fingerprint density at radius 2 is 2.04 bits per heavy atom. The monoisotopic (exact) mass is 408 g/mol. The van der Waals surface area contributed by atoms with Crippen molar-refractivity contribution in [1.29, 1.82) is 0 Å². The average molecular weight is 409 g/mol. The van der Waals surface area contributed by atoms with Gasteiger partial charge in [0.1, 0.15) is 17.2 Å². The Hall–Kier alpha value is -2.02. The predicted molar refractivity (Wildman–Crippen MR) is 105 cm³/mol. The standard InChI is InChI=1S/C21H23ClF2N2O2/c1-21(2,28)20(27)26-7-6-17(25)18(26)10-12-4-3-5-16(19(12)24)13-8-14(22)11-15(23)9-13/h3-5,8-9,11,17-18,28H,6-7,10,25H2,1-2H3. The maximum atomic E-state index is 15.2. The van der Waals surface area contributed by atoms with E-state index in [9.17, 15) is 14.3 Å². The van der Waals surface area contributed by atoms with Crippen molar-refractivity contribution in [3.05, 3.63) is 58.6 Å². The molecule has 3 rings (SSSR count). The molecule has 2 atom stereocenters. The molecular weight excluding hydrogens is 386 g/mol. The lowest BCUT2D eigenvalue weighted by atomic mass is 9.95. The Labute approximate surface area is 167 Å². The third kappa shape index (κ3) is 4.19. The molecule has 7 heteroatoms. The van der Waals surface area contributed by atoms with Crippen LogP contribution in [-0.4, -0.2) is 40.1 Å². The van der Waals surface area contributed by atoms with Crippen molar-refractivity contribution in [2.24, 2.45) is 5.73 Å². The molecule has 2 aromatic rings. The van der Waals surface area contributed by atoms with Crippen LogP contribution in [0.5, 0.6) is 0 Å². The summed E-state index contributed by atoms with van der Waals surface area (Å²) < 4.78 is 28.9. The smallest absolute Gasteiger partial charge is 0.254 e. The van der Waals surface area contributed by atoms with Crippen LogP contribution in [0.15, 0.2) is 36.4 Å². The number of amides is 1. The van der Waals surface area contributed by atoms with Gasteiger partial charge in [-0.05, 0) is 56.0 Å². The first kappa shape index (κ1) is 20.7. The molecule has 0 bridgehead atoms. The normalized spacial score (nSPS) is 19.9. The fourth-order valence-electron chi connectivity index (χ4n) is 3.64. The second-order valence-corrected chi connectivity index (χ2v) is 8.15. The molecule has 0 aliphatic carbocycles. The summed E-state index contributed by atoms with van der Waals surface area (Å²) in [5, 5.41) is 10.2. The molecule has 1 fully saturated rings. The molecule has 150 valence electrons. The van der Waals surface area contributed by atoms with E-state index >= 15 is 4.39 Å². The molecular formula is C21H23ClF2N2O2. The lowest BCUT2D eigenvalue weighted by molar-refractivity contribution is -0.148. The summed E-state index contributed by atoms with van der Waals surface area (Å²) in [5.74, 6) is -1.48. The van der Waals surface area contributed by atoms with Gasteiger partial charge in [-0.15, -0.1) is 0 Å². The molecule has 2 unspecified atom stereocenters. The molecule has 3 N–H and O–H groups in total. The van der Waals surface area contributed by atoms with Gasteiger partial charge in [-0.3, -0.25) is 4.79 Å². The minimum absolute atomic E-state index is 0.180. The fourth-order valence-corrected chi connectivity index (χ4v) is 3.86. The van der Waals surface area contributed by atoms with Gasteiger partial charge in [0.05, 0.1) is 6.04 Å². The average Bonchev–Trinajstić information content (AvgIpc) is 2.95. The molecule has 0 aromatic heterocycles. The molecule has 0 spiro atoms. The lowest BCUT2D eigenvalue weighted by Gasteiger charge is -2.31. The van der Waals surface area contributed by atoms with Crippen LogP contribution in [0.1, 0.15) is 25.8 Å². The summed E-state index contributed by atoms with van der Waals surface area (Å²) in [6.45, 7) is 3.26. The number of rotatable bonds is 4. The molecule has 2 aromatic carbocycles. The second kappa shape index (κ2) is 7.78. The van der Waals surface area contributed by atoms with Crippen molar-refractivity contribution in [3.8, 4) is 11.1 Å². The van der Waals surface area contributed by atoms with Gasteiger partial charge < -0.3 is 15.7 Å². The zero-order chi connectivity index (χ0) is 20.6. The number of nitrogens with two attached hydrogens (primary N) is 1. The summed E-state index contributed by atoms with van der Waals surface area (Å²) in [6.07, 6.45) is 0.777. The number of hydrogen-bond donors (Lipinski definition) is 2. The van der Waals surface area contributed by atoms with Gasteiger partial charge in [-0.25, -0.2) is 8.78 Å². The number of aliphatic hydroxyl groups is 1. The number of halogens is 3. The van der Waals surface area contributed by atoms with Crippen molar-refractivity contribution in [1.82, 2.24) is 4.90 Å². The van der Waals surface area contributed by atoms with E-state index in [2.05, 4.69) is 0 Å². The van der Waals surface area contributed by atoms with E-state index in [1.165, 1.54) is 30.9 Å². The molecule has 1 aliphatic heterocycles. The van der Waals surface area contributed by atoms with Gasteiger partial charge in [0.15, 0.2) is 0 Å². The minimum Gasteiger partial charge on any atom is -0.381 e. The molecule has 1 saturated heterocycles. The maximum Gasteiger partial charge on any atom is 0.254 e. The Morgan fingerprint density at radius 1 is 1.32 bits per heavy atom. The van der Waals surface area contributed by atoms with Gasteiger partial charge in [-0.1, -0.05) is 29.8 Å². The van der Waals surface area contributed by atoms with Gasteiger partial charge in [0.2, 0.25) is 0 Å². The Kier molecular flexibility index (Phi) is 5.75. The first-order valence-corrected chi connectivity index (χ1v) is 9.48. The largest absolute Gasteiger partial charge is 0.381 e. The first-order chi connectivity index (χ1) is 13.1. The Balaban J connectivity index is 1.93. The molecule has 28 heavy (non-hydrogen) atoms. The Morgan fingerprint density at radius 3 is 2.68 bits per heavy atom. The summed E-state index contributed by atoms with van der Waals surface area (Å²) >= 11 is 5.90. The third-order valence-electron chi connectivity index (χ3n) is 5.06. The van der Waals surface area contributed by atoms with Crippen LogP contribution >= 0.6 is 11.6 Å². The van der Waals surface area contributed by atoms with E-state index in [-0.39, 0.29) is 23.0 Å². The van der Waals surface area contributed by atoms with E-state index in [0.29, 0.717) is 24.1 Å². The maximum absolute atomic E-state index is 15.2. The zero-order valence-corrected chi connectivity index (χ0v) is 16.5. The first-order valence-electron chi connectivity index (χ1n) is 9.11. The lowest BCUT2D eigenvalue weighted by Crippen LogP contribution is -2.51. The number of likely N-dealkylation sites (tertiary alicyclic amines) is 1. The highest BCUT2D eigenvalue weighted by molar-refractivity contribution is 6.30. The molecule has 4 nitrogen and oxygen atoms in total. The molecule has 0 radical (unpaired) electrons. The summed E-state index contributed by atoms with van der Waals surface area (Å²) in [6, 6.07) is 7.98. The van der Waals surface area contributed by atoms with Crippen LogP contribution < -0.4 is 5.73 Å². The molecule has 1 aliphatic rings. The van der Waals surface area contributed by atoms with Gasteiger partial charge >= 0.3 is 0 Å². The van der Waals surface area contributed by atoms with E-state index in [1.807, 2.05) is 0 Å². The van der Waals surface area contributed by atoms with Gasteiger partial charge in [0, 0.05) is 23.2 Å². The Bertz CT molecular complexity index is 878. The number of nitrogens with zero attached hydrogens (tertiary/aromatic N) is 1. The summed E-state index contributed by atoms with van der Waals surface area (Å²) in [4.78, 5) is 14.1. The van der Waals surface area contributed by atoms with Crippen molar-refractivity contribution in [3.63, 3.8) is 0 Å². The van der Waals surface area contributed by atoms with Crippen LogP contribution in [-0.2, 0) is 11.2 Å². The number of carbonyl (C=O) groups is 1. The molecule has 0 saturated carbocycles. The van der Waals surface area contributed by atoms with Gasteiger partial charge in [0.25, 0.3) is 5.91 Å². The predicted octanol–water partition coefficient (Wildman–Crippen LogP) is 3.53. The van der Waals surface area contributed by atoms with Crippen molar-refractivity contribution < 1.29 is 18.7 Å². The second-order valence-electron chi connectivity index (χ2n) is 7.72. The SMILES string of the molecule is CC(C)(O)C(=O)N1CCC(N)C1Cc1cccc(-c2cc(F)cc(Cl)c2)c1F. The van der Waals surface area contributed by atoms with Crippen molar-refractivity contribution >= 4 is 17.5 Å².